The summed E-state index contributed by atoms with van der Waals surface area (Å²) in [5.74, 6) is -4.35. The predicted molar refractivity (Wildman–Crippen MR) is 31.0 cm³/mol. The predicted octanol–water partition coefficient (Wildman–Crippen LogP) is 2.59. The van der Waals surface area contributed by atoms with E-state index in [0.717, 1.165) is 0 Å². The van der Waals surface area contributed by atoms with Gasteiger partial charge in [-0.3, -0.25) is 0 Å². The number of hydrogen-bond donors (Lipinski definition) is 1. The molecule has 0 bridgehead atoms. The number of rotatable bonds is 4. The van der Waals surface area contributed by atoms with Crippen molar-refractivity contribution in [2.45, 2.75) is 31.9 Å². The molecule has 0 saturated heterocycles. The van der Waals surface area contributed by atoms with E-state index in [1.54, 1.807) is 0 Å². The average Bonchev–Trinajstić information content (AvgIpc) is 1.88. The van der Waals surface area contributed by atoms with Crippen LogP contribution in [0.25, 0.3) is 0 Å². The molecule has 1 unspecified atom stereocenters. The Balaban J connectivity index is 4.05. The van der Waals surface area contributed by atoms with Crippen LogP contribution in [0.3, 0.4) is 0 Å². The van der Waals surface area contributed by atoms with E-state index in [9.17, 15) is 17.6 Å². The van der Waals surface area contributed by atoms with Gasteiger partial charge >= 0.3 is 12.3 Å². The molecule has 0 aromatic carbocycles. The van der Waals surface area contributed by atoms with Gasteiger partial charge in [-0.05, 0) is 6.42 Å². The molecule has 0 aliphatic carbocycles. The van der Waals surface area contributed by atoms with Crippen LogP contribution in [0.5, 0.6) is 0 Å². The van der Waals surface area contributed by atoms with E-state index in [1.165, 1.54) is 6.92 Å². The van der Waals surface area contributed by atoms with Crippen molar-refractivity contribution in [3.63, 3.8) is 0 Å². The first kappa shape index (κ1) is 10.7. The van der Waals surface area contributed by atoms with Gasteiger partial charge in [-0.2, -0.15) is 13.2 Å². The Bertz CT molecular complexity index is 115. The lowest BCUT2D eigenvalue weighted by Crippen LogP contribution is -2.34. The Hall–Kier alpha value is -0.320. The molecule has 0 aliphatic heterocycles. The van der Waals surface area contributed by atoms with E-state index in [0.29, 0.717) is 0 Å². The highest BCUT2D eigenvalue weighted by Gasteiger charge is 2.49. The first-order valence-corrected chi connectivity index (χ1v) is 3.16. The molecular weight excluding hydrogens is 164 g/mol. The van der Waals surface area contributed by atoms with E-state index < -0.39 is 24.9 Å². The lowest BCUT2D eigenvalue weighted by atomic mass is 10.1. The monoisotopic (exact) mass is 173 g/mol. The van der Waals surface area contributed by atoms with Gasteiger partial charge in [0, 0.05) is 0 Å². The summed E-state index contributed by atoms with van der Waals surface area (Å²) < 4.78 is 48.0. The highest BCUT2D eigenvalue weighted by molar-refractivity contribution is 4.89. The molecule has 0 fully saturated rings. The second kappa shape index (κ2) is 3.90. The summed E-state index contributed by atoms with van der Waals surface area (Å²) in [6.45, 7) is 1.48. The number of alkyl halides is 3. The minimum absolute atomic E-state index is 0.171. The number of hydrogen-bond acceptors (Lipinski definition) is 1. The molecule has 1 atom stereocenters. The third kappa shape index (κ3) is 2.65. The van der Waals surface area contributed by atoms with Crippen molar-refractivity contribution in [2.24, 2.45) is 0 Å². The van der Waals surface area contributed by atoms with Crippen LogP contribution in [0.1, 0.15) is 19.8 Å². The lowest BCUT2D eigenvalue weighted by molar-refractivity contribution is -0.139. The third-order valence-corrected chi connectivity index (χ3v) is 1.21. The summed E-state index contributed by atoms with van der Waals surface area (Å²) >= 11 is 0. The molecule has 0 spiro atoms. The van der Waals surface area contributed by atoms with Crippen LogP contribution in [0.15, 0.2) is 0 Å². The fraction of sp³-hybridized carbons (Fsp3) is 0.833. The van der Waals surface area contributed by atoms with Crippen molar-refractivity contribution >= 4 is 0 Å². The van der Waals surface area contributed by atoms with E-state index in [-0.39, 0.29) is 6.42 Å². The Morgan fingerprint density at radius 3 is 2.27 bits per heavy atom. The second-order valence-electron chi connectivity index (χ2n) is 2.17. The number of aliphatic hydroxyl groups is 1. The fourth-order valence-electron chi connectivity index (χ4n) is 0.564. The van der Waals surface area contributed by atoms with Gasteiger partial charge in [0.15, 0.2) is 6.17 Å². The highest BCUT2D eigenvalue weighted by atomic mass is 19.3. The van der Waals surface area contributed by atoms with Crippen molar-refractivity contribution in [3.05, 3.63) is 6.36 Å². The maximum atomic E-state index is 12.3. The Morgan fingerprint density at radius 2 is 2.00 bits per heavy atom. The molecule has 0 amide bonds. The van der Waals surface area contributed by atoms with Crippen molar-refractivity contribution < 1.29 is 22.7 Å². The van der Waals surface area contributed by atoms with Gasteiger partial charge in [0.1, 0.15) is 0 Å². The molecule has 0 aromatic heterocycles. The Kier molecular flexibility index (Phi) is 3.78. The van der Waals surface area contributed by atoms with Gasteiger partial charge in [0.25, 0.3) is 0 Å². The van der Waals surface area contributed by atoms with Crippen molar-refractivity contribution in [2.75, 3.05) is 0 Å². The van der Waals surface area contributed by atoms with E-state index in [1.807, 2.05) is 0 Å². The molecule has 1 N–H and O–H groups in total. The Labute approximate surface area is 62.0 Å². The van der Waals surface area contributed by atoms with Gasteiger partial charge in [0.05, 0.1) is 0 Å². The normalized spacial score (nSPS) is 15.5. The van der Waals surface area contributed by atoms with Gasteiger partial charge in [0.2, 0.25) is 0 Å². The summed E-state index contributed by atoms with van der Waals surface area (Å²) in [7, 11) is 0. The number of halogens is 4. The van der Waals surface area contributed by atoms with E-state index in [2.05, 4.69) is 0 Å². The standard InChI is InChI=1S/C6H9F4O/c1-2-3-4(7)6(9,10)5(8)11/h4,11H,2-3H2,1H3. The first-order chi connectivity index (χ1) is 4.92. The van der Waals surface area contributed by atoms with Gasteiger partial charge in [-0.15, -0.1) is 0 Å². The largest absolute Gasteiger partial charge is 0.352 e. The SMILES string of the molecule is CCCC(F)C(F)(F)[C](O)F. The summed E-state index contributed by atoms with van der Waals surface area (Å²) in [4.78, 5) is 0. The minimum Gasteiger partial charge on any atom is -0.352 e. The third-order valence-electron chi connectivity index (χ3n) is 1.21. The maximum absolute atomic E-state index is 12.3. The van der Waals surface area contributed by atoms with Crippen LogP contribution in [0.4, 0.5) is 17.6 Å². The molecule has 0 saturated carbocycles. The fourth-order valence-corrected chi connectivity index (χ4v) is 0.564. The molecule has 0 heterocycles. The zero-order valence-corrected chi connectivity index (χ0v) is 5.95. The molecule has 11 heavy (non-hydrogen) atoms. The summed E-state index contributed by atoms with van der Waals surface area (Å²) in [5, 5.41) is 7.74. The zero-order chi connectivity index (χ0) is 9.07. The molecule has 1 radical (unpaired) electrons. The number of aliphatic hydroxyl groups excluding tert-OH is 1. The van der Waals surface area contributed by atoms with Crippen LogP contribution in [-0.4, -0.2) is 17.2 Å². The average molecular weight is 173 g/mol. The molecule has 0 aliphatic rings. The van der Waals surface area contributed by atoms with Crippen molar-refractivity contribution in [1.29, 1.82) is 0 Å². The quantitative estimate of drug-likeness (QED) is 0.648. The molecule has 0 rings (SSSR count). The van der Waals surface area contributed by atoms with Crippen LogP contribution in [0, 0.1) is 6.36 Å². The van der Waals surface area contributed by atoms with Crippen LogP contribution < -0.4 is 0 Å². The smallest absolute Gasteiger partial charge is 0.341 e. The summed E-state index contributed by atoms with van der Waals surface area (Å²) in [6, 6.07) is 0. The van der Waals surface area contributed by atoms with Gasteiger partial charge in [-0.1, -0.05) is 13.3 Å². The second-order valence-corrected chi connectivity index (χ2v) is 2.17. The Morgan fingerprint density at radius 1 is 1.55 bits per heavy atom. The van der Waals surface area contributed by atoms with E-state index >= 15 is 0 Å². The van der Waals surface area contributed by atoms with Crippen molar-refractivity contribution in [1.82, 2.24) is 0 Å². The zero-order valence-electron chi connectivity index (χ0n) is 5.95. The lowest BCUT2D eigenvalue weighted by Gasteiger charge is -2.18. The maximum Gasteiger partial charge on any atom is 0.341 e. The van der Waals surface area contributed by atoms with Gasteiger partial charge in [-0.25, -0.2) is 4.39 Å². The topological polar surface area (TPSA) is 20.2 Å². The molecule has 0 aromatic rings. The van der Waals surface area contributed by atoms with Gasteiger partial charge < -0.3 is 5.11 Å². The van der Waals surface area contributed by atoms with Crippen molar-refractivity contribution in [3.8, 4) is 0 Å². The molecule has 67 valence electrons. The molecular formula is C6H9F4O. The first-order valence-electron chi connectivity index (χ1n) is 3.16. The van der Waals surface area contributed by atoms with Crippen LogP contribution in [-0.2, 0) is 0 Å². The molecule has 5 heteroatoms. The van der Waals surface area contributed by atoms with Crippen LogP contribution >= 0.6 is 0 Å². The summed E-state index contributed by atoms with van der Waals surface area (Å²) in [5.41, 5.74) is 0. The molecule has 1 nitrogen and oxygen atoms in total. The highest BCUT2D eigenvalue weighted by Crippen LogP contribution is 2.33. The summed E-state index contributed by atoms with van der Waals surface area (Å²) in [6.07, 6.45) is -5.60. The van der Waals surface area contributed by atoms with Crippen LogP contribution in [0.2, 0.25) is 0 Å². The van der Waals surface area contributed by atoms with E-state index in [4.69, 9.17) is 5.11 Å². The minimum atomic E-state index is -4.35.